The van der Waals surface area contributed by atoms with Gasteiger partial charge in [0.1, 0.15) is 0 Å². The van der Waals surface area contributed by atoms with Gasteiger partial charge in [-0.15, -0.1) is 23.5 Å². The lowest BCUT2D eigenvalue weighted by Crippen LogP contribution is -2.19. The standard InChI is InChI=1S/C13H14OS2/c1-9-11(14)8-12(15-2)16-13(9)10-6-4-3-5-7-10/h3-9,13H,1-2H3. The molecule has 84 valence electrons. The van der Waals surface area contributed by atoms with E-state index in [1.807, 2.05) is 31.4 Å². The van der Waals surface area contributed by atoms with Crippen LogP contribution in [0.15, 0.2) is 40.6 Å². The van der Waals surface area contributed by atoms with E-state index in [1.54, 1.807) is 29.6 Å². The number of hydrogen-bond acceptors (Lipinski definition) is 3. The molecule has 16 heavy (non-hydrogen) atoms. The molecule has 0 N–H and O–H groups in total. The lowest BCUT2D eigenvalue weighted by Gasteiger charge is -2.26. The van der Waals surface area contributed by atoms with E-state index in [-0.39, 0.29) is 17.0 Å². The largest absolute Gasteiger partial charge is 0.294 e. The maximum Gasteiger partial charge on any atom is 0.161 e. The molecule has 0 bridgehead atoms. The van der Waals surface area contributed by atoms with Gasteiger partial charge in [0.15, 0.2) is 5.78 Å². The van der Waals surface area contributed by atoms with Crippen LogP contribution in [0.3, 0.4) is 0 Å². The summed E-state index contributed by atoms with van der Waals surface area (Å²) in [4.78, 5) is 11.8. The van der Waals surface area contributed by atoms with Gasteiger partial charge in [-0.2, -0.15) is 0 Å². The zero-order chi connectivity index (χ0) is 11.5. The highest BCUT2D eigenvalue weighted by atomic mass is 32.2. The molecule has 1 nitrogen and oxygen atoms in total. The number of carbonyl (C=O) groups excluding carboxylic acids is 1. The summed E-state index contributed by atoms with van der Waals surface area (Å²) in [6.45, 7) is 2.01. The van der Waals surface area contributed by atoms with Gasteiger partial charge >= 0.3 is 0 Å². The van der Waals surface area contributed by atoms with Gasteiger partial charge in [-0.3, -0.25) is 4.79 Å². The van der Waals surface area contributed by atoms with Crippen LogP contribution in [0, 0.1) is 5.92 Å². The van der Waals surface area contributed by atoms with Crippen LogP contribution in [-0.2, 0) is 4.79 Å². The Labute approximate surface area is 105 Å². The minimum atomic E-state index is 0.0725. The van der Waals surface area contributed by atoms with Crippen molar-refractivity contribution in [2.75, 3.05) is 6.26 Å². The Morgan fingerprint density at radius 1 is 1.25 bits per heavy atom. The number of allylic oxidation sites excluding steroid dienone is 1. The first kappa shape index (κ1) is 11.8. The maximum atomic E-state index is 11.8. The molecular weight excluding hydrogens is 236 g/mol. The lowest BCUT2D eigenvalue weighted by molar-refractivity contribution is -0.117. The second kappa shape index (κ2) is 5.11. The second-order valence-electron chi connectivity index (χ2n) is 3.81. The molecule has 3 heteroatoms. The molecule has 1 aromatic carbocycles. The highest BCUT2D eigenvalue weighted by molar-refractivity contribution is 8.22. The normalized spacial score (nSPS) is 25.4. The van der Waals surface area contributed by atoms with E-state index in [0.29, 0.717) is 0 Å². The molecule has 1 aromatic rings. The van der Waals surface area contributed by atoms with Crippen molar-refractivity contribution in [3.05, 3.63) is 46.2 Å². The fourth-order valence-electron chi connectivity index (χ4n) is 1.76. The molecule has 2 unspecified atom stereocenters. The van der Waals surface area contributed by atoms with Crippen molar-refractivity contribution in [1.82, 2.24) is 0 Å². The molecule has 1 aliphatic rings. The van der Waals surface area contributed by atoms with Gasteiger partial charge in [-0.25, -0.2) is 0 Å². The van der Waals surface area contributed by atoms with E-state index in [0.717, 1.165) is 4.24 Å². The van der Waals surface area contributed by atoms with Crippen LogP contribution in [0.5, 0.6) is 0 Å². The van der Waals surface area contributed by atoms with Crippen molar-refractivity contribution in [3.63, 3.8) is 0 Å². The maximum absolute atomic E-state index is 11.8. The zero-order valence-electron chi connectivity index (χ0n) is 9.34. The summed E-state index contributed by atoms with van der Waals surface area (Å²) in [6.07, 6.45) is 3.80. The summed E-state index contributed by atoms with van der Waals surface area (Å²) in [5.41, 5.74) is 1.24. The van der Waals surface area contributed by atoms with Crippen LogP contribution < -0.4 is 0 Å². The van der Waals surface area contributed by atoms with E-state index < -0.39 is 0 Å². The smallest absolute Gasteiger partial charge is 0.161 e. The van der Waals surface area contributed by atoms with Crippen LogP contribution in [0.4, 0.5) is 0 Å². The first-order valence-electron chi connectivity index (χ1n) is 5.23. The van der Waals surface area contributed by atoms with Crippen LogP contribution in [-0.4, -0.2) is 12.0 Å². The Morgan fingerprint density at radius 3 is 2.56 bits per heavy atom. The first-order valence-corrected chi connectivity index (χ1v) is 7.34. The minimum absolute atomic E-state index is 0.0725. The predicted molar refractivity (Wildman–Crippen MR) is 72.5 cm³/mol. The average Bonchev–Trinajstić information content (AvgIpc) is 2.33. The van der Waals surface area contributed by atoms with E-state index in [4.69, 9.17) is 0 Å². The summed E-state index contributed by atoms with van der Waals surface area (Å²) >= 11 is 3.45. The van der Waals surface area contributed by atoms with Gasteiger partial charge in [0.2, 0.25) is 0 Å². The van der Waals surface area contributed by atoms with Crippen LogP contribution in [0.2, 0.25) is 0 Å². The van der Waals surface area contributed by atoms with Crippen molar-refractivity contribution in [2.45, 2.75) is 12.2 Å². The topological polar surface area (TPSA) is 17.1 Å². The fraction of sp³-hybridized carbons (Fsp3) is 0.308. The number of rotatable bonds is 2. The van der Waals surface area contributed by atoms with Crippen molar-refractivity contribution >= 4 is 29.3 Å². The molecule has 1 heterocycles. The Morgan fingerprint density at radius 2 is 1.94 bits per heavy atom. The summed E-state index contributed by atoms with van der Waals surface area (Å²) in [5, 5.41) is 0.265. The molecule has 0 spiro atoms. The third-order valence-electron chi connectivity index (χ3n) is 2.74. The lowest BCUT2D eigenvalue weighted by atomic mass is 9.96. The molecule has 0 saturated carbocycles. The number of thioether (sulfide) groups is 2. The van der Waals surface area contributed by atoms with Crippen LogP contribution in [0.25, 0.3) is 0 Å². The van der Waals surface area contributed by atoms with Crippen molar-refractivity contribution in [3.8, 4) is 0 Å². The van der Waals surface area contributed by atoms with Gasteiger partial charge in [0.25, 0.3) is 0 Å². The number of hydrogen-bond donors (Lipinski definition) is 0. The first-order chi connectivity index (χ1) is 7.72. The Hall–Kier alpha value is -0.670. The molecular formula is C13H14OS2. The van der Waals surface area contributed by atoms with E-state index in [9.17, 15) is 4.79 Å². The van der Waals surface area contributed by atoms with Crippen molar-refractivity contribution in [2.24, 2.45) is 5.92 Å². The van der Waals surface area contributed by atoms with E-state index in [2.05, 4.69) is 12.1 Å². The second-order valence-corrected chi connectivity index (χ2v) is 6.10. The summed E-state index contributed by atoms with van der Waals surface area (Å²) in [5.74, 6) is 0.320. The number of benzene rings is 1. The monoisotopic (exact) mass is 250 g/mol. The zero-order valence-corrected chi connectivity index (χ0v) is 11.0. The Bertz CT molecular complexity index is 411. The molecule has 0 aliphatic carbocycles. The highest BCUT2D eigenvalue weighted by Crippen LogP contribution is 2.47. The average molecular weight is 250 g/mol. The van der Waals surface area contributed by atoms with Gasteiger partial charge in [0.05, 0.1) is 0 Å². The third-order valence-corrected chi connectivity index (χ3v) is 5.33. The van der Waals surface area contributed by atoms with Crippen LogP contribution >= 0.6 is 23.5 Å². The highest BCUT2D eigenvalue weighted by Gasteiger charge is 2.30. The van der Waals surface area contributed by atoms with Gasteiger partial charge in [-0.05, 0) is 11.8 Å². The van der Waals surface area contributed by atoms with Crippen molar-refractivity contribution in [1.29, 1.82) is 0 Å². The van der Waals surface area contributed by atoms with E-state index in [1.165, 1.54) is 5.56 Å². The molecule has 0 amide bonds. The Balaban J connectivity index is 2.29. The summed E-state index contributed by atoms with van der Waals surface area (Å²) in [7, 11) is 0. The molecule has 0 fully saturated rings. The molecule has 0 aromatic heterocycles. The van der Waals surface area contributed by atoms with Crippen LogP contribution in [0.1, 0.15) is 17.7 Å². The molecule has 0 saturated heterocycles. The van der Waals surface area contributed by atoms with Crippen molar-refractivity contribution < 1.29 is 4.79 Å². The quantitative estimate of drug-likeness (QED) is 0.793. The number of carbonyl (C=O) groups is 1. The molecule has 2 rings (SSSR count). The van der Waals surface area contributed by atoms with E-state index >= 15 is 0 Å². The molecule has 2 atom stereocenters. The minimum Gasteiger partial charge on any atom is -0.294 e. The number of ketones is 1. The third kappa shape index (κ3) is 2.36. The summed E-state index contributed by atoms with van der Waals surface area (Å²) in [6, 6.07) is 10.3. The fourth-order valence-corrected chi connectivity index (χ4v) is 3.76. The van der Waals surface area contributed by atoms with Gasteiger partial charge < -0.3 is 0 Å². The molecule has 1 aliphatic heterocycles. The van der Waals surface area contributed by atoms with Gasteiger partial charge in [-0.1, -0.05) is 37.3 Å². The molecule has 0 radical (unpaired) electrons. The SMILES string of the molecule is CSC1=CC(=O)C(C)C(c2ccccc2)S1. The summed E-state index contributed by atoms with van der Waals surface area (Å²) < 4.78 is 1.12. The Kier molecular flexibility index (Phi) is 3.77. The predicted octanol–water partition coefficient (Wildman–Crippen LogP) is 3.88. The van der Waals surface area contributed by atoms with Gasteiger partial charge in [0, 0.05) is 21.5 Å².